The second-order valence-corrected chi connectivity index (χ2v) is 3.41. The highest BCUT2D eigenvalue weighted by Crippen LogP contribution is 2.11. The van der Waals surface area contributed by atoms with Crippen molar-refractivity contribution in [3.8, 4) is 0 Å². The first kappa shape index (κ1) is 12.2. The molecule has 1 aliphatic heterocycles. The van der Waals surface area contributed by atoms with E-state index in [1.165, 1.54) is 13.1 Å². The third-order valence-corrected chi connectivity index (χ3v) is 2.27. The van der Waals surface area contributed by atoms with Crippen molar-refractivity contribution in [3.63, 3.8) is 0 Å². The predicted octanol–water partition coefficient (Wildman–Crippen LogP) is 0.0460. The molecule has 1 aliphatic rings. The van der Waals surface area contributed by atoms with E-state index in [9.17, 15) is 14.4 Å². The number of amides is 3. The lowest BCUT2D eigenvalue weighted by molar-refractivity contribution is -0.147. The molecule has 6 heteroatoms. The van der Waals surface area contributed by atoms with Gasteiger partial charge in [0.15, 0.2) is 0 Å². The molecule has 0 saturated carbocycles. The molecule has 0 aliphatic carbocycles. The van der Waals surface area contributed by atoms with E-state index < -0.39 is 18.0 Å². The van der Waals surface area contributed by atoms with Crippen LogP contribution in [0.4, 0.5) is 4.79 Å². The Labute approximate surface area is 93.2 Å². The molecule has 1 N–H and O–H groups in total. The lowest BCUT2D eigenvalue weighted by atomic mass is 10.1. The fraction of sp³-hybridized carbons (Fsp3) is 0.500. The van der Waals surface area contributed by atoms with Crippen LogP contribution in [-0.2, 0) is 14.3 Å². The van der Waals surface area contributed by atoms with E-state index in [2.05, 4.69) is 16.6 Å². The summed E-state index contributed by atoms with van der Waals surface area (Å²) in [7, 11) is 1.40. The third kappa shape index (κ3) is 2.82. The Hall–Kier alpha value is -1.85. The molecule has 16 heavy (non-hydrogen) atoms. The van der Waals surface area contributed by atoms with E-state index >= 15 is 0 Å². The van der Waals surface area contributed by atoms with E-state index in [4.69, 9.17) is 0 Å². The van der Waals surface area contributed by atoms with Gasteiger partial charge in [-0.05, 0) is 6.42 Å². The molecule has 1 unspecified atom stereocenters. The Bertz CT molecular complexity index is 327. The van der Waals surface area contributed by atoms with Crippen LogP contribution in [0, 0.1) is 0 Å². The molecule has 0 spiro atoms. The summed E-state index contributed by atoms with van der Waals surface area (Å²) in [4.78, 5) is 34.9. The molecule has 88 valence electrons. The van der Waals surface area contributed by atoms with Crippen molar-refractivity contribution >= 4 is 17.9 Å². The largest absolute Gasteiger partial charge is 0.445 e. The molecule has 0 aromatic rings. The van der Waals surface area contributed by atoms with E-state index in [1.807, 2.05) is 0 Å². The van der Waals surface area contributed by atoms with E-state index in [0.29, 0.717) is 6.42 Å². The number of piperidine rings is 1. The molecule has 0 aromatic heterocycles. The van der Waals surface area contributed by atoms with Gasteiger partial charge in [-0.15, -0.1) is 0 Å². The number of carbonyl (C=O) groups excluding carboxylic acids is 3. The minimum absolute atomic E-state index is 0.0848. The number of hydrogen-bond acceptors (Lipinski definition) is 4. The number of ether oxygens (including phenoxy) is 1. The molecule has 0 radical (unpaired) electrons. The number of hydrogen-bond donors (Lipinski definition) is 1. The second-order valence-electron chi connectivity index (χ2n) is 3.41. The van der Waals surface area contributed by atoms with Crippen LogP contribution in [0.2, 0.25) is 0 Å². The Morgan fingerprint density at radius 3 is 3.00 bits per heavy atom. The van der Waals surface area contributed by atoms with Crippen LogP contribution in [0.5, 0.6) is 0 Å². The maximum absolute atomic E-state index is 11.6. The lowest BCUT2D eigenvalue weighted by Gasteiger charge is -2.27. The van der Waals surface area contributed by atoms with Gasteiger partial charge in [0.2, 0.25) is 5.91 Å². The minimum atomic E-state index is -0.681. The fourth-order valence-electron chi connectivity index (χ4n) is 1.37. The van der Waals surface area contributed by atoms with Crippen molar-refractivity contribution in [2.24, 2.45) is 0 Å². The monoisotopic (exact) mass is 226 g/mol. The van der Waals surface area contributed by atoms with Crippen molar-refractivity contribution in [2.75, 3.05) is 13.7 Å². The number of nitrogens with zero attached hydrogens (tertiary/aromatic N) is 1. The van der Waals surface area contributed by atoms with Crippen molar-refractivity contribution in [1.29, 1.82) is 0 Å². The lowest BCUT2D eigenvalue weighted by Crippen LogP contribution is -2.53. The topological polar surface area (TPSA) is 75.7 Å². The van der Waals surface area contributed by atoms with Crippen molar-refractivity contribution in [2.45, 2.75) is 18.9 Å². The first-order chi connectivity index (χ1) is 7.56. The van der Waals surface area contributed by atoms with E-state index in [-0.39, 0.29) is 18.9 Å². The summed E-state index contributed by atoms with van der Waals surface area (Å²) in [6.45, 7) is 3.48. The van der Waals surface area contributed by atoms with Crippen LogP contribution in [0.25, 0.3) is 0 Å². The van der Waals surface area contributed by atoms with Crippen molar-refractivity contribution < 1.29 is 19.1 Å². The smallest absolute Gasteiger partial charge is 0.408 e. The van der Waals surface area contributed by atoms with Gasteiger partial charge in [-0.3, -0.25) is 14.5 Å². The van der Waals surface area contributed by atoms with Crippen LogP contribution in [0.15, 0.2) is 12.7 Å². The van der Waals surface area contributed by atoms with Crippen LogP contribution in [0.3, 0.4) is 0 Å². The molecule has 1 saturated heterocycles. The molecule has 1 heterocycles. The third-order valence-electron chi connectivity index (χ3n) is 2.27. The Balaban J connectivity index is 2.48. The van der Waals surface area contributed by atoms with Crippen LogP contribution in [0.1, 0.15) is 12.8 Å². The Morgan fingerprint density at radius 2 is 2.38 bits per heavy atom. The first-order valence-electron chi connectivity index (χ1n) is 4.91. The van der Waals surface area contributed by atoms with Gasteiger partial charge < -0.3 is 10.1 Å². The van der Waals surface area contributed by atoms with Gasteiger partial charge in [-0.2, -0.15) is 0 Å². The SMILES string of the molecule is C=CCOC(=O)NC1CCC(=O)N(C)C1=O. The highest BCUT2D eigenvalue weighted by Gasteiger charge is 2.32. The summed E-state index contributed by atoms with van der Waals surface area (Å²) in [5.41, 5.74) is 0. The molecule has 1 atom stereocenters. The number of imide groups is 1. The maximum Gasteiger partial charge on any atom is 0.408 e. The Kier molecular flexibility index (Phi) is 4.04. The molecular formula is C10H14N2O4. The van der Waals surface area contributed by atoms with Crippen molar-refractivity contribution in [1.82, 2.24) is 10.2 Å². The van der Waals surface area contributed by atoms with Gasteiger partial charge in [0.1, 0.15) is 12.6 Å². The predicted molar refractivity (Wildman–Crippen MR) is 55.5 cm³/mol. The van der Waals surface area contributed by atoms with Gasteiger partial charge in [0.25, 0.3) is 5.91 Å². The van der Waals surface area contributed by atoms with Crippen LogP contribution in [-0.4, -0.2) is 42.5 Å². The van der Waals surface area contributed by atoms with Gasteiger partial charge in [-0.25, -0.2) is 4.79 Å². The highest BCUT2D eigenvalue weighted by atomic mass is 16.5. The average Bonchev–Trinajstić information content (AvgIpc) is 2.27. The zero-order valence-corrected chi connectivity index (χ0v) is 9.06. The summed E-state index contributed by atoms with van der Waals surface area (Å²) in [6.07, 6.45) is 1.30. The summed E-state index contributed by atoms with van der Waals surface area (Å²) >= 11 is 0. The van der Waals surface area contributed by atoms with Crippen molar-refractivity contribution in [3.05, 3.63) is 12.7 Å². The number of carbonyl (C=O) groups is 3. The fourth-order valence-corrected chi connectivity index (χ4v) is 1.37. The van der Waals surface area contributed by atoms with Crippen LogP contribution < -0.4 is 5.32 Å². The maximum atomic E-state index is 11.6. The summed E-state index contributed by atoms with van der Waals surface area (Å²) in [5, 5.41) is 2.40. The molecule has 0 bridgehead atoms. The molecule has 3 amide bonds. The molecule has 1 rings (SSSR count). The average molecular weight is 226 g/mol. The van der Waals surface area contributed by atoms with Crippen LogP contribution >= 0.6 is 0 Å². The number of likely N-dealkylation sites (tertiary alicyclic amines) is 1. The minimum Gasteiger partial charge on any atom is -0.445 e. The van der Waals surface area contributed by atoms with Gasteiger partial charge in [0.05, 0.1) is 0 Å². The number of nitrogens with one attached hydrogen (secondary N) is 1. The molecular weight excluding hydrogens is 212 g/mol. The van der Waals surface area contributed by atoms with E-state index in [1.54, 1.807) is 0 Å². The number of alkyl carbamates (subject to hydrolysis) is 1. The molecule has 1 fully saturated rings. The second kappa shape index (κ2) is 5.29. The zero-order valence-electron chi connectivity index (χ0n) is 9.06. The Morgan fingerprint density at radius 1 is 1.69 bits per heavy atom. The molecule has 0 aromatic carbocycles. The standard InChI is InChI=1S/C10H14N2O4/c1-3-6-16-10(15)11-7-4-5-8(13)12(2)9(7)14/h3,7H,1,4-6H2,2H3,(H,11,15). The first-order valence-corrected chi connectivity index (χ1v) is 4.91. The zero-order chi connectivity index (χ0) is 12.1. The summed E-state index contributed by atoms with van der Waals surface area (Å²) < 4.78 is 4.68. The molecule has 6 nitrogen and oxygen atoms in total. The van der Waals surface area contributed by atoms with E-state index in [0.717, 1.165) is 4.90 Å². The summed E-state index contributed by atoms with van der Waals surface area (Å²) in [6, 6.07) is -0.681. The quantitative estimate of drug-likeness (QED) is 0.545. The normalized spacial score (nSPS) is 20.6. The van der Waals surface area contributed by atoms with Gasteiger partial charge in [0, 0.05) is 13.5 Å². The van der Waals surface area contributed by atoms with Gasteiger partial charge in [-0.1, -0.05) is 12.7 Å². The summed E-state index contributed by atoms with van der Waals surface area (Å²) in [5.74, 6) is -0.644. The van der Waals surface area contributed by atoms with Gasteiger partial charge >= 0.3 is 6.09 Å². The highest BCUT2D eigenvalue weighted by molar-refractivity contribution is 6.01. The number of likely N-dealkylation sites (N-methyl/N-ethyl adjacent to an activating group) is 1. The number of rotatable bonds is 3.